The molecule has 0 aliphatic heterocycles. The van der Waals surface area contributed by atoms with Crippen LogP contribution in [0.2, 0.25) is 0 Å². The highest BCUT2D eigenvalue weighted by molar-refractivity contribution is 6.04. The van der Waals surface area contributed by atoms with E-state index >= 15 is 0 Å². The van der Waals surface area contributed by atoms with Crippen molar-refractivity contribution >= 4 is 11.6 Å². The SMILES string of the molecule is COc1ccc(C(=O)Nc2cn[nH]c2)cc1O. The molecule has 0 atom stereocenters. The zero-order valence-corrected chi connectivity index (χ0v) is 9.10. The summed E-state index contributed by atoms with van der Waals surface area (Å²) >= 11 is 0. The molecule has 6 nitrogen and oxygen atoms in total. The van der Waals surface area contributed by atoms with Crippen molar-refractivity contribution in [3.05, 3.63) is 36.2 Å². The van der Waals surface area contributed by atoms with Crippen molar-refractivity contribution in [2.45, 2.75) is 0 Å². The van der Waals surface area contributed by atoms with Crippen LogP contribution < -0.4 is 10.1 Å². The number of nitrogens with one attached hydrogen (secondary N) is 2. The van der Waals surface area contributed by atoms with Crippen LogP contribution in [-0.2, 0) is 0 Å². The van der Waals surface area contributed by atoms with Crippen molar-refractivity contribution < 1.29 is 14.6 Å². The third-order valence-corrected chi connectivity index (χ3v) is 2.20. The van der Waals surface area contributed by atoms with Crippen molar-refractivity contribution in [1.82, 2.24) is 10.2 Å². The number of phenols is 1. The van der Waals surface area contributed by atoms with Gasteiger partial charge in [-0.1, -0.05) is 0 Å². The molecule has 0 fully saturated rings. The Hall–Kier alpha value is -2.50. The largest absolute Gasteiger partial charge is 0.504 e. The molecule has 0 unspecified atom stereocenters. The monoisotopic (exact) mass is 233 g/mol. The Morgan fingerprint density at radius 3 is 2.94 bits per heavy atom. The van der Waals surface area contributed by atoms with Crippen LogP contribution in [0.25, 0.3) is 0 Å². The Bertz CT molecular complexity index is 523. The lowest BCUT2D eigenvalue weighted by atomic mass is 10.2. The van der Waals surface area contributed by atoms with Gasteiger partial charge in [-0.3, -0.25) is 9.89 Å². The molecule has 6 heteroatoms. The Kier molecular flexibility index (Phi) is 2.95. The molecular weight excluding hydrogens is 222 g/mol. The van der Waals surface area contributed by atoms with Crippen molar-refractivity contribution in [3.63, 3.8) is 0 Å². The molecule has 0 radical (unpaired) electrons. The number of benzene rings is 1. The number of carbonyl (C=O) groups excluding carboxylic acids is 1. The minimum absolute atomic E-state index is 0.0765. The van der Waals surface area contributed by atoms with Crippen molar-refractivity contribution in [1.29, 1.82) is 0 Å². The van der Waals surface area contributed by atoms with Crippen molar-refractivity contribution in [2.24, 2.45) is 0 Å². The number of rotatable bonds is 3. The number of anilines is 1. The summed E-state index contributed by atoms with van der Waals surface area (Å²) in [7, 11) is 1.44. The molecule has 1 amide bonds. The summed E-state index contributed by atoms with van der Waals surface area (Å²) in [6.45, 7) is 0. The summed E-state index contributed by atoms with van der Waals surface area (Å²) < 4.78 is 4.89. The van der Waals surface area contributed by atoms with E-state index in [4.69, 9.17) is 4.74 Å². The van der Waals surface area contributed by atoms with Gasteiger partial charge in [-0.25, -0.2) is 0 Å². The Morgan fingerprint density at radius 1 is 1.53 bits per heavy atom. The molecule has 2 rings (SSSR count). The van der Waals surface area contributed by atoms with E-state index in [0.29, 0.717) is 17.0 Å². The second-order valence-electron chi connectivity index (χ2n) is 3.33. The molecule has 0 saturated heterocycles. The number of hydrogen-bond donors (Lipinski definition) is 3. The van der Waals surface area contributed by atoms with E-state index in [1.165, 1.54) is 25.4 Å². The number of aromatic hydroxyl groups is 1. The fraction of sp³-hybridized carbons (Fsp3) is 0.0909. The standard InChI is InChI=1S/C11H11N3O3/c1-17-10-3-2-7(4-9(10)15)11(16)14-8-5-12-13-6-8/h2-6,15H,1H3,(H,12,13)(H,14,16). The molecule has 0 spiro atoms. The van der Waals surface area contributed by atoms with Crippen LogP contribution in [0.3, 0.4) is 0 Å². The molecule has 1 heterocycles. The first-order valence-corrected chi connectivity index (χ1v) is 4.88. The number of nitrogens with zero attached hydrogens (tertiary/aromatic N) is 1. The van der Waals surface area contributed by atoms with Crippen LogP contribution >= 0.6 is 0 Å². The van der Waals surface area contributed by atoms with Crippen molar-refractivity contribution in [2.75, 3.05) is 12.4 Å². The topological polar surface area (TPSA) is 87.2 Å². The highest BCUT2D eigenvalue weighted by Crippen LogP contribution is 2.26. The number of ether oxygens (including phenoxy) is 1. The normalized spacial score (nSPS) is 9.94. The lowest BCUT2D eigenvalue weighted by Crippen LogP contribution is -2.11. The van der Waals surface area contributed by atoms with E-state index in [9.17, 15) is 9.90 Å². The van der Waals surface area contributed by atoms with Gasteiger partial charge < -0.3 is 15.2 Å². The maximum atomic E-state index is 11.8. The van der Waals surface area contributed by atoms with E-state index < -0.39 is 0 Å². The first kappa shape index (κ1) is 11.0. The highest BCUT2D eigenvalue weighted by atomic mass is 16.5. The molecule has 1 aromatic heterocycles. The lowest BCUT2D eigenvalue weighted by molar-refractivity contribution is 0.102. The number of methoxy groups -OCH3 is 1. The molecule has 3 N–H and O–H groups in total. The predicted octanol–water partition coefficient (Wildman–Crippen LogP) is 1.38. The van der Waals surface area contributed by atoms with Gasteiger partial charge in [0.2, 0.25) is 0 Å². The van der Waals surface area contributed by atoms with E-state index in [0.717, 1.165) is 0 Å². The first-order valence-electron chi connectivity index (χ1n) is 4.88. The number of hydrogen-bond acceptors (Lipinski definition) is 4. The van der Waals surface area contributed by atoms with Crippen LogP contribution in [0.1, 0.15) is 10.4 Å². The maximum absolute atomic E-state index is 11.8. The van der Waals surface area contributed by atoms with Crippen LogP contribution in [0, 0.1) is 0 Å². The van der Waals surface area contributed by atoms with Crippen molar-refractivity contribution in [3.8, 4) is 11.5 Å². The van der Waals surface area contributed by atoms with Gasteiger partial charge in [-0.05, 0) is 18.2 Å². The van der Waals surface area contributed by atoms with Crippen LogP contribution in [0.4, 0.5) is 5.69 Å². The van der Waals surface area contributed by atoms with Gasteiger partial charge in [-0.15, -0.1) is 0 Å². The van der Waals surface area contributed by atoms with Gasteiger partial charge in [0.1, 0.15) is 0 Å². The Morgan fingerprint density at radius 2 is 2.35 bits per heavy atom. The lowest BCUT2D eigenvalue weighted by Gasteiger charge is -2.06. The summed E-state index contributed by atoms with van der Waals surface area (Å²) in [5.41, 5.74) is 0.898. The zero-order chi connectivity index (χ0) is 12.3. The molecule has 0 bridgehead atoms. The fourth-order valence-corrected chi connectivity index (χ4v) is 1.35. The second-order valence-corrected chi connectivity index (χ2v) is 3.33. The molecule has 0 saturated carbocycles. The summed E-state index contributed by atoms with van der Waals surface area (Å²) in [5.74, 6) is -0.0819. The first-order chi connectivity index (χ1) is 8.20. The van der Waals surface area contributed by atoms with E-state index in [1.807, 2.05) is 0 Å². The Labute approximate surface area is 97.2 Å². The van der Waals surface area contributed by atoms with E-state index in [1.54, 1.807) is 12.3 Å². The summed E-state index contributed by atoms with van der Waals surface area (Å²) in [5, 5.41) is 18.4. The summed E-state index contributed by atoms with van der Waals surface area (Å²) in [6.07, 6.45) is 3.04. The molecule has 88 valence electrons. The molecule has 0 aliphatic rings. The zero-order valence-electron chi connectivity index (χ0n) is 9.10. The number of H-pyrrole nitrogens is 1. The smallest absolute Gasteiger partial charge is 0.255 e. The number of amides is 1. The van der Waals surface area contributed by atoms with Gasteiger partial charge >= 0.3 is 0 Å². The third kappa shape index (κ3) is 2.36. The van der Waals surface area contributed by atoms with Gasteiger partial charge in [0, 0.05) is 11.8 Å². The Balaban J connectivity index is 2.17. The number of aromatic nitrogens is 2. The molecule has 17 heavy (non-hydrogen) atoms. The molecular formula is C11H11N3O3. The van der Waals surface area contributed by atoms with Gasteiger partial charge in [0.15, 0.2) is 11.5 Å². The summed E-state index contributed by atoms with van der Waals surface area (Å²) in [6, 6.07) is 4.43. The van der Waals surface area contributed by atoms with Gasteiger partial charge in [0.05, 0.1) is 19.0 Å². The average Bonchev–Trinajstić information content (AvgIpc) is 2.81. The number of carbonyl (C=O) groups is 1. The van der Waals surface area contributed by atoms with E-state index in [2.05, 4.69) is 15.5 Å². The minimum Gasteiger partial charge on any atom is -0.504 e. The fourth-order valence-electron chi connectivity index (χ4n) is 1.35. The number of phenolic OH excluding ortho intramolecular Hbond substituents is 1. The van der Waals surface area contributed by atoms with Gasteiger partial charge in [-0.2, -0.15) is 5.10 Å². The van der Waals surface area contributed by atoms with Crippen LogP contribution in [-0.4, -0.2) is 28.3 Å². The van der Waals surface area contributed by atoms with E-state index in [-0.39, 0.29) is 11.7 Å². The van der Waals surface area contributed by atoms with Crippen LogP contribution in [0.15, 0.2) is 30.6 Å². The minimum atomic E-state index is -0.329. The van der Waals surface area contributed by atoms with Gasteiger partial charge in [0.25, 0.3) is 5.91 Å². The average molecular weight is 233 g/mol. The molecule has 2 aromatic rings. The second kappa shape index (κ2) is 4.56. The number of aromatic amines is 1. The molecule has 0 aliphatic carbocycles. The highest BCUT2D eigenvalue weighted by Gasteiger charge is 2.10. The third-order valence-electron chi connectivity index (χ3n) is 2.20. The summed E-state index contributed by atoms with van der Waals surface area (Å²) in [4.78, 5) is 11.8. The predicted molar refractivity (Wildman–Crippen MR) is 61.2 cm³/mol. The quantitative estimate of drug-likeness (QED) is 0.747. The van der Waals surface area contributed by atoms with Crippen LogP contribution in [0.5, 0.6) is 11.5 Å². The molecule has 1 aromatic carbocycles. The maximum Gasteiger partial charge on any atom is 0.255 e.